The van der Waals surface area contributed by atoms with Gasteiger partial charge in [0.15, 0.2) is 9.84 Å². The van der Waals surface area contributed by atoms with Crippen LogP contribution in [0, 0.1) is 0 Å². The van der Waals surface area contributed by atoms with Crippen molar-refractivity contribution in [2.45, 2.75) is 32.0 Å². The summed E-state index contributed by atoms with van der Waals surface area (Å²) in [5.74, 6) is 0.808. The van der Waals surface area contributed by atoms with Crippen LogP contribution in [0.5, 0.6) is 5.75 Å². The van der Waals surface area contributed by atoms with Crippen LogP contribution in [-0.4, -0.2) is 66.5 Å². The van der Waals surface area contributed by atoms with Crippen molar-refractivity contribution < 1.29 is 13.5 Å². The van der Waals surface area contributed by atoms with E-state index in [4.69, 9.17) is 0 Å². The quantitative estimate of drug-likeness (QED) is 0.898. The largest absolute Gasteiger partial charge is 0.508 e. The van der Waals surface area contributed by atoms with Crippen molar-refractivity contribution in [3.8, 4) is 5.75 Å². The summed E-state index contributed by atoms with van der Waals surface area (Å²) in [6.07, 6.45) is 1.05. The van der Waals surface area contributed by atoms with Gasteiger partial charge in [-0.05, 0) is 30.7 Å². The molecular weight excluding hydrogens is 300 g/mol. The molecule has 2 aliphatic heterocycles. The van der Waals surface area contributed by atoms with Gasteiger partial charge in [0.1, 0.15) is 5.75 Å². The minimum Gasteiger partial charge on any atom is -0.508 e. The molecule has 2 fully saturated rings. The molecule has 0 aromatic heterocycles. The smallest absolute Gasteiger partial charge is 0.153 e. The van der Waals surface area contributed by atoms with E-state index in [1.165, 1.54) is 0 Å². The second-order valence-electron chi connectivity index (χ2n) is 6.39. The summed E-state index contributed by atoms with van der Waals surface area (Å²) in [7, 11) is -2.95. The van der Waals surface area contributed by atoms with Crippen LogP contribution in [0.25, 0.3) is 0 Å². The van der Waals surface area contributed by atoms with E-state index in [9.17, 15) is 13.5 Å². The molecule has 0 unspecified atom stereocenters. The van der Waals surface area contributed by atoms with Crippen LogP contribution in [0.2, 0.25) is 0 Å². The van der Waals surface area contributed by atoms with Crippen LogP contribution >= 0.6 is 0 Å². The van der Waals surface area contributed by atoms with Gasteiger partial charge in [0.2, 0.25) is 0 Å². The van der Waals surface area contributed by atoms with Crippen molar-refractivity contribution in [2.75, 3.05) is 31.1 Å². The van der Waals surface area contributed by atoms with Crippen molar-refractivity contribution in [1.29, 1.82) is 0 Å². The van der Waals surface area contributed by atoms with Crippen molar-refractivity contribution in [1.82, 2.24) is 9.80 Å². The Balaban J connectivity index is 1.78. The van der Waals surface area contributed by atoms with Gasteiger partial charge >= 0.3 is 0 Å². The van der Waals surface area contributed by atoms with Crippen LogP contribution in [-0.2, 0) is 16.4 Å². The molecule has 122 valence electrons. The molecule has 0 bridgehead atoms. The second kappa shape index (κ2) is 6.18. The zero-order valence-electron chi connectivity index (χ0n) is 13.0. The molecule has 2 atom stereocenters. The highest BCUT2D eigenvalue weighted by molar-refractivity contribution is 7.91. The van der Waals surface area contributed by atoms with Gasteiger partial charge in [-0.15, -0.1) is 0 Å². The summed E-state index contributed by atoms with van der Waals surface area (Å²) >= 11 is 0. The van der Waals surface area contributed by atoms with Gasteiger partial charge < -0.3 is 5.11 Å². The lowest BCUT2D eigenvalue weighted by atomic mass is 10.0. The Labute approximate surface area is 132 Å². The average Bonchev–Trinajstić information content (AvgIpc) is 2.78. The molecule has 0 aliphatic carbocycles. The molecule has 2 saturated heterocycles. The summed E-state index contributed by atoms with van der Waals surface area (Å²) in [4.78, 5) is 4.62. The Bertz CT molecular complexity index is 632. The van der Waals surface area contributed by atoms with Crippen LogP contribution in [0.15, 0.2) is 24.3 Å². The van der Waals surface area contributed by atoms with E-state index in [0.29, 0.717) is 6.54 Å². The van der Waals surface area contributed by atoms with E-state index in [1.54, 1.807) is 12.1 Å². The van der Waals surface area contributed by atoms with E-state index in [1.807, 2.05) is 12.1 Å². The van der Waals surface area contributed by atoms with Crippen molar-refractivity contribution >= 4 is 9.84 Å². The van der Waals surface area contributed by atoms with E-state index in [-0.39, 0.29) is 29.3 Å². The highest BCUT2D eigenvalue weighted by Gasteiger charge is 2.46. The van der Waals surface area contributed by atoms with Gasteiger partial charge in [-0.3, -0.25) is 9.80 Å². The Hall–Kier alpha value is -1.11. The minimum absolute atomic E-state index is 0.0765. The van der Waals surface area contributed by atoms with E-state index in [2.05, 4.69) is 16.7 Å². The number of rotatable bonds is 4. The maximum Gasteiger partial charge on any atom is 0.153 e. The Morgan fingerprint density at radius 1 is 1.18 bits per heavy atom. The molecule has 2 heterocycles. The first-order chi connectivity index (χ1) is 10.5. The SMILES string of the molecule is CCCN1CCN(Cc2cccc(O)c2)[C@@H]2CS(=O)(=O)C[C@@H]21. The molecule has 22 heavy (non-hydrogen) atoms. The molecule has 0 saturated carbocycles. The third kappa shape index (κ3) is 3.29. The zero-order chi connectivity index (χ0) is 15.7. The number of phenolic OH excluding ortho intramolecular Hbond substituents is 1. The number of phenols is 1. The highest BCUT2D eigenvalue weighted by atomic mass is 32.2. The Kier molecular flexibility index (Phi) is 4.43. The minimum atomic E-state index is -2.95. The first-order valence-corrected chi connectivity index (χ1v) is 9.77. The Morgan fingerprint density at radius 2 is 1.86 bits per heavy atom. The number of hydrogen-bond donors (Lipinski definition) is 1. The van der Waals surface area contributed by atoms with Crippen LogP contribution in [0.1, 0.15) is 18.9 Å². The predicted octanol–water partition coefficient (Wildman–Crippen LogP) is 1.09. The fourth-order valence-electron chi connectivity index (χ4n) is 3.75. The highest BCUT2D eigenvalue weighted by Crippen LogP contribution is 2.28. The fourth-order valence-corrected chi connectivity index (χ4v) is 5.79. The Morgan fingerprint density at radius 3 is 2.55 bits per heavy atom. The predicted molar refractivity (Wildman–Crippen MR) is 86.6 cm³/mol. The monoisotopic (exact) mass is 324 g/mol. The second-order valence-corrected chi connectivity index (χ2v) is 8.54. The number of piperazine rings is 1. The third-order valence-electron chi connectivity index (χ3n) is 4.71. The molecule has 1 N–H and O–H groups in total. The molecule has 1 aromatic rings. The lowest BCUT2D eigenvalue weighted by Crippen LogP contribution is -2.58. The molecule has 0 radical (unpaired) electrons. The van der Waals surface area contributed by atoms with Gasteiger partial charge in [0, 0.05) is 31.7 Å². The maximum absolute atomic E-state index is 12.1. The average molecular weight is 324 g/mol. The lowest BCUT2D eigenvalue weighted by molar-refractivity contribution is 0.0405. The van der Waals surface area contributed by atoms with Crippen LogP contribution in [0.4, 0.5) is 0 Å². The molecule has 6 heteroatoms. The van der Waals surface area contributed by atoms with Gasteiger partial charge in [-0.1, -0.05) is 19.1 Å². The first-order valence-electron chi connectivity index (χ1n) is 7.95. The van der Waals surface area contributed by atoms with Gasteiger partial charge in [-0.25, -0.2) is 8.42 Å². The summed E-state index contributed by atoms with van der Waals surface area (Å²) in [5.41, 5.74) is 1.03. The van der Waals surface area contributed by atoms with E-state index >= 15 is 0 Å². The van der Waals surface area contributed by atoms with Crippen molar-refractivity contribution in [2.24, 2.45) is 0 Å². The summed E-state index contributed by atoms with van der Waals surface area (Å²) in [5, 5.41) is 9.60. The van der Waals surface area contributed by atoms with E-state index < -0.39 is 9.84 Å². The standard InChI is InChI=1S/C16H24N2O3S/c1-2-6-17-7-8-18(10-13-4-3-5-14(19)9-13)16-12-22(20,21)11-15(16)17/h3-5,9,15-16,19H,2,6-8,10-12H2,1H3/t15-,16+/m0/s1. The van der Waals surface area contributed by atoms with Crippen LogP contribution in [0.3, 0.4) is 0 Å². The fraction of sp³-hybridized carbons (Fsp3) is 0.625. The topological polar surface area (TPSA) is 60.9 Å². The lowest BCUT2D eigenvalue weighted by Gasteiger charge is -2.44. The van der Waals surface area contributed by atoms with E-state index in [0.717, 1.165) is 31.6 Å². The van der Waals surface area contributed by atoms with Gasteiger partial charge in [0.25, 0.3) is 0 Å². The molecule has 0 amide bonds. The number of sulfone groups is 1. The molecule has 1 aromatic carbocycles. The molecule has 5 nitrogen and oxygen atoms in total. The van der Waals surface area contributed by atoms with Crippen LogP contribution < -0.4 is 0 Å². The molecular formula is C16H24N2O3S. The molecule has 2 aliphatic rings. The zero-order valence-corrected chi connectivity index (χ0v) is 13.8. The summed E-state index contributed by atoms with van der Waals surface area (Å²) < 4.78 is 24.2. The molecule has 0 spiro atoms. The summed E-state index contributed by atoms with van der Waals surface area (Å²) in [6.45, 7) is 5.61. The number of benzene rings is 1. The van der Waals surface area contributed by atoms with Gasteiger partial charge in [0.05, 0.1) is 11.5 Å². The summed E-state index contributed by atoms with van der Waals surface area (Å²) in [6, 6.07) is 7.43. The number of fused-ring (bicyclic) bond motifs is 1. The number of aromatic hydroxyl groups is 1. The normalized spacial score (nSPS) is 28.6. The molecule has 3 rings (SSSR count). The maximum atomic E-state index is 12.1. The van der Waals surface area contributed by atoms with Gasteiger partial charge in [-0.2, -0.15) is 0 Å². The van der Waals surface area contributed by atoms with Crippen molar-refractivity contribution in [3.63, 3.8) is 0 Å². The number of hydrogen-bond acceptors (Lipinski definition) is 5. The first kappa shape index (κ1) is 15.8. The third-order valence-corrected chi connectivity index (χ3v) is 6.41. The van der Waals surface area contributed by atoms with Crippen molar-refractivity contribution in [3.05, 3.63) is 29.8 Å². The number of nitrogens with zero attached hydrogens (tertiary/aromatic N) is 2.